The van der Waals surface area contributed by atoms with Crippen molar-refractivity contribution in [3.05, 3.63) is 168 Å². The summed E-state index contributed by atoms with van der Waals surface area (Å²) in [4.78, 5) is 192. The van der Waals surface area contributed by atoms with Gasteiger partial charge in [0.2, 0.25) is 65.0 Å². The first-order chi connectivity index (χ1) is 50.9. The SMILES string of the molecule is CC(C)[C@H](NC(=O)[C@H](Cc1c[nH]c2ccccc12)NC(=O)[C@H](CC(=O)O)NC(=O)[C@H](C)NC(=O)[C@@H](N)CS)C(=O)N[C@@H](CS)C(=O)N[C@@H](Cc1ccc(O)cc1)C(=O)N[C@@H](Cc1cccc2ccccc12)C(=O)N[C@@H](Cc1cnc[nH]1)C(=O)N[C@H](C(=O)N[C@@H](Cc1ccccc1)C(=O)N(C)CC(=O)O)[C@@H](C)O. The van der Waals surface area contributed by atoms with Gasteiger partial charge >= 0.3 is 11.9 Å². The molecule has 0 aliphatic rings. The van der Waals surface area contributed by atoms with Gasteiger partial charge in [-0.3, -0.25) is 62.3 Å². The largest absolute Gasteiger partial charge is 0.508 e. The first-order valence-electron chi connectivity index (χ1n) is 34.1. The number of aromatic amines is 2. The van der Waals surface area contributed by atoms with Gasteiger partial charge in [-0.1, -0.05) is 117 Å². The Balaban J connectivity index is 1.15. The van der Waals surface area contributed by atoms with Gasteiger partial charge in [-0.15, -0.1) is 0 Å². The van der Waals surface area contributed by atoms with Crippen LogP contribution in [0.5, 0.6) is 5.75 Å². The van der Waals surface area contributed by atoms with E-state index in [1.54, 1.807) is 105 Å². The van der Waals surface area contributed by atoms with Crippen LogP contribution in [0.25, 0.3) is 21.7 Å². The van der Waals surface area contributed by atoms with Gasteiger partial charge in [0, 0.05) is 79.6 Å². The van der Waals surface area contributed by atoms with Crippen molar-refractivity contribution in [2.75, 3.05) is 25.1 Å². The number of hydrogen-bond donors (Lipinski definition) is 19. The first kappa shape index (κ1) is 82.9. The number of nitrogens with one attached hydrogen (secondary N) is 12. The number of carbonyl (C=O) groups is 13. The molecule has 0 aliphatic heterocycles. The third-order valence-electron chi connectivity index (χ3n) is 17.4. The minimum Gasteiger partial charge on any atom is -0.508 e. The quantitative estimate of drug-likeness (QED) is 0.0213. The van der Waals surface area contributed by atoms with E-state index >= 15 is 9.59 Å². The lowest BCUT2D eigenvalue weighted by Crippen LogP contribution is -2.62. The van der Waals surface area contributed by atoms with Crippen molar-refractivity contribution in [2.45, 2.75) is 139 Å². The third-order valence-corrected chi connectivity index (χ3v) is 18.1. The number of aliphatic hydroxyl groups excluding tert-OH is 1. The monoisotopic (exact) mass is 1510 g/mol. The Morgan fingerprint density at radius 2 is 0.972 bits per heavy atom. The number of imidazole rings is 1. The maximum atomic E-state index is 15.2. The number of aromatic hydroxyl groups is 1. The molecule has 18 N–H and O–H groups in total. The van der Waals surface area contributed by atoms with E-state index in [-0.39, 0.29) is 43.6 Å². The molecular weight excluding hydrogens is 1420 g/mol. The molecule has 2 aromatic heterocycles. The van der Waals surface area contributed by atoms with Crippen LogP contribution in [0.4, 0.5) is 0 Å². The molecule has 32 nitrogen and oxygen atoms in total. The number of carbonyl (C=O) groups excluding carboxylic acids is 11. The molecule has 0 saturated carbocycles. The summed E-state index contributed by atoms with van der Waals surface area (Å²) in [5.74, 6) is -14.9. The predicted molar refractivity (Wildman–Crippen MR) is 399 cm³/mol. The lowest BCUT2D eigenvalue weighted by molar-refractivity contribution is -0.145. The van der Waals surface area contributed by atoms with E-state index in [2.05, 4.69) is 93.4 Å². The zero-order valence-corrected chi connectivity index (χ0v) is 60.9. The van der Waals surface area contributed by atoms with Crippen molar-refractivity contribution in [1.29, 1.82) is 0 Å². The third kappa shape index (κ3) is 24.3. The number of nitrogens with two attached hydrogens (primary N) is 1. The first-order valence-corrected chi connectivity index (χ1v) is 35.4. The van der Waals surface area contributed by atoms with E-state index in [0.717, 1.165) is 10.3 Å². The van der Waals surface area contributed by atoms with Gasteiger partial charge in [0.15, 0.2) is 0 Å². The van der Waals surface area contributed by atoms with Crippen molar-refractivity contribution in [2.24, 2.45) is 11.7 Å². The van der Waals surface area contributed by atoms with Crippen LogP contribution >= 0.6 is 25.3 Å². The highest BCUT2D eigenvalue weighted by Gasteiger charge is 2.39. The summed E-state index contributed by atoms with van der Waals surface area (Å²) in [5.41, 5.74) is 8.67. The minimum atomic E-state index is -1.82. The van der Waals surface area contributed by atoms with E-state index in [4.69, 9.17) is 5.73 Å². The molecule has 12 atom stereocenters. The van der Waals surface area contributed by atoms with Crippen molar-refractivity contribution in [3.63, 3.8) is 0 Å². The molecule has 7 aromatic rings. The van der Waals surface area contributed by atoms with E-state index in [1.807, 2.05) is 12.1 Å². The van der Waals surface area contributed by atoms with Crippen LogP contribution in [0.2, 0.25) is 0 Å². The summed E-state index contributed by atoms with van der Waals surface area (Å²) in [6.07, 6.45) is 0.318. The number of fused-ring (bicyclic) bond motifs is 2. The number of thiol groups is 2. The number of likely N-dealkylation sites (N-methyl/N-ethyl adjacent to an activating group) is 1. The van der Waals surface area contributed by atoms with Crippen molar-refractivity contribution < 1.29 is 82.8 Å². The average molecular weight is 1510 g/mol. The minimum absolute atomic E-state index is 0.0709. The molecule has 0 unspecified atom stereocenters. The van der Waals surface area contributed by atoms with Gasteiger partial charge < -0.3 is 94.2 Å². The number of nitrogens with zero attached hydrogens (tertiary/aromatic N) is 2. The zero-order valence-electron chi connectivity index (χ0n) is 59.1. The van der Waals surface area contributed by atoms with Crippen LogP contribution in [0.1, 0.15) is 62.1 Å². The Kier molecular flexibility index (Phi) is 30.7. The molecule has 0 saturated heterocycles. The molecule has 2 heterocycles. The van der Waals surface area contributed by atoms with E-state index in [1.165, 1.54) is 57.7 Å². The molecule has 11 amide bonds. The summed E-state index contributed by atoms with van der Waals surface area (Å²) in [6, 6.07) is 16.5. The molecule has 107 heavy (non-hydrogen) atoms. The Bertz CT molecular complexity index is 4290. The number of rotatable bonds is 39. The Morgan fingerprint density at radius 3 is 1.56 bits per heavy atom. The highest BCUT2D eigenvalue weighted by Crippen LogP contribution is 2.23. The number of carboxylic acid groups (broad SMARTS) is 2. The van der Waals surface area contributed by atoms with E-state index in [0.29, 0.717) is 44.2 Å². The smallest absolute Gasteiger partial charge is 0.323 e. The molecule has 5 aromatic carbocycles. The van der Waals surface area contributed by atoms with Gasteiger partial charge in [-0.2, -0.15) is 25.3 Å². The summed E-state index contributed by atoms with van der Waals surface area (Å²) >= 11 is 8.40. The highest BCUT2D eigenvalue weighted by molar-refractivity contribution is 7.80. The van der Waals surface area contributed by atoms with Crippen LogP contribution in [-0.2, 0) is 94.4 Å². The fourth-order valence-electron chi connectivity index (χ4n) is 11.5. The van der Waals surface area contributed by atoms with Crippen LogP contribution < -0.4 is 58.9 Å². The maximum Gasteiger partial charge on any atom is 0.323 e. The van der Waals surface area contributed by atoms with Gasteiger partial charge in [0.1, 0.15) is 72.7 Å². The zero-order chi connectivity index (χ0) is 78.2. The van der Waals surface area contributed by atoms with Crippen LogP contribution in [0.15, 0.2) is 140 Å². The molecule has 0 fully saturated rings. The number of amides is 11. The number of carboxylic acids is 2. The Hall–Kier alpha value is -11.4. The topological polar surface area (TPSA) is 497 Å². The standard InChI is InChI=1S/C73H89N15O17S2/c1-38(2)61(86-68(100)54(29-45-32-76-51-21-12-11-20-49(45)51)82-67(99)56(31-59(91)92)79-63(95)39(3)78-64(96)50(74)35-106)71(103)85-58(36-107)70(102)80-52(26-42-22-24-47(90)25-23-42)65(97)81-53(28-44-18-13-17-43-16-9-10-19-48(43)44)66(98)83-55(30-46-33-75-37-77-46)69(101)87-62(40(4)89)72(104)84-57(27-41-14-7-6-8-15-41)73(105)88(5)34-60(93)94/h6-25,32-33,37-40,50,52-58,61-62,76,89-90,106-107H,26-31,34-36,74H2,1-5H3,(H,75,77)(H,78,96)(H,79,95)(H,80,102)(H,81,97)(H,82,99)(H,83,98)(H,84,104)(H,85,103)(H,86,100)(H,87,101)(H,91,92)(H,93,94)/t39-,40+,50-,52-,53-,54-,55-,56-,57-,58-,61-,62-/m0/s1. The molecule has 0 aliphatic carbocycles. The second-order valence-electron chi connectivity index (χ2n) is 26.0. The Morgan fingerprint density at radius 1 is 0.477 bits per heavy atom. The van der Waals surface area contributed by atoms with E-state index in [9.17, 15) is 73.2 Å². The molecule has 0 spiro atoms. The van der Waals surface area contributed by atoms with Crippen LogP contribution in [0.3, 0.4) is 0 Å². The van der Waals surface area contributed by atoms with Gasteiger partial charge in [-0.05, 0) is 71.0 Å². The number of H-pyrrole nitrogens is 2. The molecule has 7 rings (SSSR count). The van der Waals surface area contributed by atoms with Crippen LogP contribution in [0, 0.1) is 5.92 Å². The molecule has 570 valence electrons. The fraction of sp³-hybridized carbons (Fsp3) is 0.370. The number of aliphatic carboxylic acids is 2. The number of para-hydroxylation sites is 1. The normalized spacial score (nSPS) is 14.6. The molecule has 0 radical (unpaired) electrons. The lowest BCUT2D eigenvalue weighted by Gasteiger charge is -2.29. The number of benzene rings is 5. The number of hydrogen-bond acceptors (Lipinski definition) is 19. The average Bonchev–Trinajstić information content (AvgIpc) is 1.63. The molecular formula is C73H89N15O17S2. The maximum absolute atomic E-state index is 15.2. The summed E-state index contributed by atoms with van der Waals surface area (Å²) in [6.45, 7) is 4.88. The number of aliphatic hydroxyl groups is 1. The van der Waals surface area contributed by atoms with Crippen LogP contribution in [-0.4, -0.2) is 215 Å². The van der Waals surface area contributed by atoms with Crippen molar-refractivity contribution in [1.82, 2.24) is 73.0 Å². The summed E-state index contributed by atoms with van der Waals surface area (Å²) < 4.78 is 0. The lowest BCUT2D eigenvalue weighted by atomic mass is 9.97. The Labute approximate surface area is 625 Å². The predicted octanol–water partition coefficient (Wildman–Crippen LogP) is -0.628. The number of phenolic OH excluding ortho intramolecular Hbond substituents is 1. The van der Waals surface area contributed by atoms with Gasteiger partial charge in [0.25, 0.3) is 0 Å². The molecule has 34 heteroatoms. The van der Waals surface area contributed by atoms with Crippen molar-refractivity contribution >= 4 is 124 Å². The molecule has 0 bridgehead atoms. The van der Waals surface area contributed by atoms with Crippen molar-refractivity contribution in [3.8, 4) is 5.75 Å². The number of aromatic nitrogens is 3. The van der Waals surface area contributed by atoms with Gasteiger partial charge in [-0.25, -0.2) is 4.98 Å². The fourth-order valence-corrected chi connectivity index (χ4v) is 12.0. The highest BCUT2D eigenvalue weighted by atomic mass is 32.1. The number of phenols is 1. The second-order valence-corrected chi connectivity index (χ2v) is 26.8. The second kappa shape index (κ2) is 39.7. The summed E-state index contributed by atoms with van der Waals surface area (Å²) in [7, 11) is 1.23. The van der Waals surface area contributed by atoms with Gasteiger partial charge in [0.05, 0.1) is 24.9 Å². The van der Waals surface area contributed by atoms with E-state index < -0.39 is 174 Å². The summed E-state index contributed by atoms with van der Waals surface area (Å²) in [5, 5.41) is 68.5.